The normalized spacial score (nSPS) is 14.0. The fourth-order valence-corrected chi connectivity index (χ4v) is 4.37. The van der Waals surface area contributed by atoms with Crippen LogP contribution in [0.25, 0.3) is 22.0 Å². The zero-order chi connectivity index (χ0) is 25.9. The largest absolute Gasteiger partial charge is 0.367 e. The van der Waals surface area contributed by atoms with Crippen LogP contribution in [-0.4, -0.2) is 54.0 Å². The molecule has 0 saturated carbocycles. The first-order valence-electron chi connectivity index (χ1n) is 11.9. The summed E-state index contributed by atoms with van der Waals surface area (Å²) in [5, 5.41) is 6.36. The first-order chi connectivity index (χ1) is 17.9. The molecule has 1 fully saturated rings. The van der Waals surface area contributed by atoms with Crippen LogP contribution in [0.2, 0.25) is 0 Å². The van der Waals surface area contributed by atoms with E-state index in [9.17, 15) is 9.18 Å². The van der Waals surface area contributed by atoms with Crippen molar-refractivity contribution in [1.29, 1.82) is 0 Å². The van der Waals surface area contributed by atoms with Crippen LogP contribution in [0.1, 0.15) is 0 Å². The number of nitrogens with one attached hydrogen (secondary N) is 2. The first kappa shape index (κ1) is 24.3. The third-order valence-electron chi connectivity index (χ3n) is 6.35. The maximum absolute atomic E-state index is 15.1. The molecule has 1 aliphatic rings. The number of carbonyl (C=O) groups excluding carboxylic acids is 1. The molecule has 0 spiro atoms. The van der Waals surface area contributed by atoms with E-state index in [0.717, 1.165) is 32.3 Å². The van der Waals surface area contributed by atoms with Crippen molar-refractivity contribution in [3.05, 3.63) is 85.1 Å². The number of hydrogen-bond acceptors (Lipinski definition) is 6. The van der Waals surface area contributed by atoms with Crippen molar-refractivity contribution in [3.63, 3.8) is 0 Å². The number of hydrogen-bond donors (Lipinski definition) is 2. The van der Waals surface area contributed by atoms with Gasteiger partial charge in [0, 0.05) is 54.7 Å². The first-order valence-corrected chi connectivity index (χ1v) is 11.9. The van der Waals surface area contributed by atoms with Crippen LogP contribution in [0.5, 0.6) is 0 Å². The van der Waals surface area contributed by atoms with E-state index in [1.807, 2.05) is 4.90 Å². The van der Waals surface area contributed by atoms with Gasteiger partial charge in [-0.2, -0.15) is 0 Å². The molecule has 1 amide bonds. The van der Waals surface area contributed by atoms with Gasteiger partial charge in [-0.05, 0) is 61.2 Å². The second-order valence-electron chi connectivity index (χ2n) is 8.91. The minimum absolute atomic E-state index is 0.210. The van der Waals surface area contributed by atoms with Gasteiger partial charge in [-0.15, -0.1) is 0 Å². The van der Waals surface area contributed by atoms with Gasteiger partial charge in [-0.3, -0.25) is 4.79 Å². The van der Waals surface area contributed by atoms with E-state index in [1.165, 1.54) is 12.1 Å². The topological polar surface area (TPSA) is 73.4 Å². The van der Waals surface area contributed by atoms with Gasteiger partial charge in [0.25, 0.3) is 0 Å². The van der Waals surface area contributed by atoms with Gasteiger partial charge in [-0.1, -0.05) is 18.7 Å². The highest BCUT2D eigenvalue weighted by Crippen LogP contribution is 2.33. The quantitative estimate of drug-likeness (QED) is 0.355. The van der Waals surface area contributed by atoms with E-state index in [-0.39, 0.29) is 23.2 Å². The molecule has 4 aromatic rings. The predicted octanol–water partition coefficient (Wildman–Crippen LogP) is 5.19. The number of halogens is 2. The van der Waals surface area contributed by atoms with E-state index >= 15 is 4.39 Å². The van der Waals surface area contributed by atoms with E-state index in [0.29, 0.717) is 33.5 Å². The summed E-state index contributed by atoms with van der Waals surface area (Å²) in [7, 11) is 2.05. The number of carbonyl (C=O) groups is 1. The Kier molecular flexibility index (Phi) is 6.78. The third kappa shape index (κ3) is 5.26. The monoisotopic (exact) mass is 500 g/mol. The highest BCUT2D eigenvalue weighted by molar-refractivity contribution is 6.00. The predicted molar refractivity (Wildman–Crippen MR) is 143 cm³/mol. The molecule has 9 heteroatoms. The van der Waals surface area contributed by atoms with Crippen LogP contribution < -0.4 is 15.5 Å². The van der Waals surface area contributed by atoms with E-state index in [4.69, 9.17) is 0 Å². The molecular weight excluding hydrogens is 474 g/mol. The minimum Gasteiger partial charge on any atom is -0.367 e. The molecule has 2 N–H and O–H groups in total. The lowest BCUT2D eigenvalue weighted by Gasteiger charge is -2.34. The second kappa shape index (κ2) is 10.3. The highest BCUT2D eigenvalue weighted by atomic mass is 19.1. The molecule has 0 bridgehead atoms. The summed E-state index contributed by atoms with van der Waals surface area (Å²) in [5.74, 6) is -0.954. The molecule has 3 aromatic carbocycles. The average Bonchev–Trinajstić information content (AvgIpc) is 2.89. The zero-order valence-electron chi connectivity index (χ0n) is 20.3. The molecule has 188 valence electrons. The zero-order valence-corrected chi connectivity index (χ0v) is 20.3. The van der Waals surface area contributed by atoms with Crippen LogP contribution >= 0.6 is 0 Å². The molecule has 7 nitrogen and oxygen atoms in total. The van der Waals surface area contributed by atoms with Crippen molar-refractivity contribution >= 4 is 39.8 Å². The van der Waals surface area contributed by atoms with Crippen LogP contribution in [0.3, 0.4) is 0 Å². The SMILES string of the molecule is C=CC(=O)Nc1cccc(-c2c(F)ccc3cnc(Nc4ccc(N5CCN(C)CC5)c(F)c4)nc23)c1. The Balaban J connectivity index is 1.45. The number of rotatable bonds is 6. The van der Waals surface area contributed by atoms with Crippen molar-refractivity contribution in [2.45, 2.75) is 0 Å². The lowest BCUT2D eigenvalue weighted by atomic mass is 10.0. The van der Waals surface area contributed by atoms with Gasteiger partial charge in [0.2, 0.25) is 11.9 Å². The average molecular weight is 501 g/mol. The van der Waals surface area contributed by atoms with Gasteiger partial charge in [0.15, 0.2) is 0 Å². The lowest BCUT2D eigenvalue weighted by Crippen LogP contribution is -2.44. The fraction of sp³-hybridized carbons (Fsp3) is 0.179. The van der Waals surface area contributed by atoms with E-state index in [2.05, 4.69) is 39.1 Å². The summed E-state index contributed by atoms with van der Waals surface area (Å²) in [6.07, 6.45) is 2.75. The number of aromatic nitrogens is 2. The molecule has 0 unspecified atom stereocenters. The Morgan fingerprint density at radius 1 is 1.00 bits per heavy atom. The van der Waals surface area contributed by atoms with Crippen molar-refractivity contribution < 1.29 is 13.6 Å². The smallest absolute Gasteiger partial charge is 0.247 e. The van der Waals surface area contributed by atoms with Gasteiger partial charge in [-0.25, -0.2) is 18.7 Å². The van der Waals surface area contributed by atoms with Crippen LogP contribution in [0.15, 0.2) is 73.4 Å². The van der Waals surface area contributed by atoms with Gasteiger partial charge in [0.05, 0.1) is 11.2 Å². The highest BCUT2D eigenvalue weighted by Gasteiger charge is 2.18. The molecule has 0 radical (unpaired) electrons. The Hall–Kier alpha value is -4.37. The van der Waals surface area contributed by atoms with Crippen LogP contribution in [-0.2, 0) is 4.79 Å². The molecule has 0 atom stereocenters. The second-order valence-corrected chi connectivity index (χ2v) is 8.91. The Morgan fingerprint density at radius 3 is 2.57 bits per heavy atom. The van der Waals surface area contributed by atoms with Crippen molar-refractivity contribution in [1.82, 2.24) is 14.9 Å². The molecule has 37 heavy (non-hydrogen) atoms. The van der Waals surface area contributed by atoms with Gasteiger partial charge >= 0.3 is 0 Å². The summed E-state index contributed by atoms with van der Waals surface area (Å²) in [5.41, 5.74) is 2.75. The fourth-order valence-electron chi connectivity index (χ4n) is 4.37. The summed E-state index contributed by atoms with van der Waals surface area (Å²) >= 11 is 0. The molecule has 2 heterocycles. The molecule has 1 saturated heterocycles. The molecule has 1 aliphatic heterocycles. The summed E-state index contributed by atoms with van der Waals surface area (Å²) in [6, 6.07) is 14.7. The molecular formula is C28H26F2N6O. The number of fused-ring (bicyclic) bond motifs is 1. The lowest BCUT2D eigenvalue weighted by molar-refractivity contribution is -0.111. The number of nitrogens with zero attached hydrogens (tertiary/aromatic N) is 4. The van der Waals surface area contributed by atoms with Crippen molar-refractivity contribution in [2.75, 3.05) is 48.8 Å². The standard InChI is InChI=1S/C28H26F2N6O/c1-3-25(37)32-20-6-4-5-18(15-20)26-22(29)9-7-19-17-31-28(34-27(19)26)33-21-8-10-24(23(30)16-21)36-13-11-35(2)12-14-36/h3-10,15-17H,1,11-14H2,2H3,(H,32,37)(H,31,33,34). The summed E-state index contributed by atoms with van der Waals surface area (Å²) < 4.78 is 30.0. The Bertz CT molecular complexity index is 1480. The number of benzene rings is 3. The Morgan fingerprint density at radius 2 is 1.81 bits per heavy atom. The van der Waals surface area contributed by atoms with Crippen molar-refractivity contribution in [3.8, 4) is 11.1 Å². The maximum atomic E-state index is 15.1. The van der Waals surface area contributed by atoms with Crippen LogP contribution in [0.4, 0.5) is 31.8 Å². The maximum Gasteiger partial charge on any atom is 0.247 e. The summed E-state index contributed by atoms with van der Waals surface area (Å²) in [6.45, 7) is 6.74. The minimum atomic E-state index is -0.466. The molecule has 0 aliphatic carbocycles. The van der Waals surface area contributed by atoms with Crippen molar-refractivity contribution in [2.24, 2.45) is 0 Å². The number of anilines is 4. The van der Waals surface area contributed by atoms with Crippen LogP contribution in [0, 0.1) is 11.6 Å². The van der Waals surface area contributed by atoms with Gasteiger partial charge < -0.3 is 20.4 Å². The number of piperazine rings is 1. The third-order valence-corrected chi connectivity index (χ3v) is 6.35. The molecule has 5 rings (SSSR count). The number of likely N-dealkylation sites (N-methyl/N-ethyl adjacent to an activating group) is 1. The summed E-state index contributed by atoms with van der Waals surface area (Å²) in [4.78, 5) is 24.9. The Labute approximate surface area is 213 Å². The van der Waals surface area contributed by atoms with E-state index in [1.54, 1.807) is 48.7 Å². The molecule has 1 aromatic heterocycles. The van der Waals surface area contributed by atoms with Gasteiger partial charge in [0.1, 0.15) is 11.6 Å². The number of amides is 1. The van der Waals surface area contributed by atoms with E-state index < -0.39 is 5.82 Å².